The maximum atomic E-state index is 10.1. The Bertz CT molecular complexity index is 387. The molecule has 0 unspecified atom stereocenters. The third kappa shape index (κ3) is 12.7. The first-order valence-electron chi connectivity index (χ1n) is 12.1. The van der Waals surface area contributed by atoms with Crippen LogP contribution in [0.5, 0.6) is 0 Å². The number of ether oxygens (including phenoxy) is 2. The first-order chi connectivity index (χ1) is 14.2. The fourth-order valence-corrected chi connectivity index (χ4v) is 3.86. The molecule has 0 bridgehead atoms. The van der Waals surface area contributed by atoms with Crippen molar-refractivity contribution in [2.45, 2.75) is 121 Å². The van der Waals surface area contributed by atoms with Crippen molar-refractivity contribution in [3.05, 3.63) is 12.2 Å². The molecule has 1 aliphatic heterocycles. The molecule has 3 N–H and O–H groups in total. The summed E-state index contributed by atoms with van der Waals surface area (Å²) in [6.07, 6.45) is 19.6. The van der Waals surface area contributed by atoms with E-state index in [4.69, 9.17) is 14.6 Å². The van der Waals surface area contributed by atoms with E-state index < -0.39 is 31.0 Å². The van der Waals surface area contributed by atoms with Gasteiger partial charge in [-0.25, -0.2) is 0 Å². The molecular formula is C24H46O5. The fourth-order valence-electron chi connectivity index (χ4n) is 3.86. The lowest BCUT2D eigenvalue weighted by Crippen LogP contribution is -2.41. The highest BCUT2D eigenvalue weighted by molar-refractivity contribution is 4.88. The SMILES string of the molecule is CC/C=C/CCCCCCCCCCCCCCO[C@H]1CO[C@@H]([C@H](O)CO)[C@H]1O. The Morgan fingerprint density at radius 1 is 0.897 bits per heavy atom. The summed E-state index contributed by atoms with van der Waals surface area (Å²) < 4.78 is 11.0. The first-order valence-corrected chi connectivity index (χ1v) is 12.1. The average Bonchev–Trinajstić information content (AvgIpc) is 3.10. The van der Waals surface area contributed by atoms with E-state index in [0.29, 0.717) is 6.61 Å². The van der Waals surface area contributed by atoms with E-state index in [-0.39, 0.29) is 6.61 Å². The highest BCUT2D eigenvalue weighted by atomic mass is 16.6. The van der Waals surface area contributed by atoms with E-state index in [1.54, 1.807) is 0 Å². The molecule has 0 saturated carbocycles. The Balaban J connectivity index is 1.80. The normalized spacial score (nSPS) is 23.2. The van der Waals surface area contributed by atoms with Crippen LogP contribution in [0.15, 0.2) is 12.2 Å². The molecular weight excluding hydrogens is 368 g/mol. The summed E-state index contributed by atoms with van der Waals surface area (Å²) in [5.74, 6) is 0. The van der Waals surface area contributed by atoms with Crippen LogP contribution in [0.25, 0.3) is 0 Å². The molecule has 1 saturated heterocycles. The predicted octanol–water partition coefficient (Wildman–Crippen LogP) is 4.52. The van der Waals surface area contributed by atoms with Crippen molar-refractivity contribution in [3.63, 3.8) is 0 Å². The molecule has 29 heavy (non-hydrogen) atoms. The number of hydrogen-bond donors (Lipinski definition) is 3. The number of aliphatic hydroxyl groups excluding tert-OH is 3. The van der Waals surface area contributed by atoms with Gasteiger partial charge in [-0.05, 0) is 25.7 Å². The zero-order valence-electron chi connectivity index (χ0n) is 18.6. The largest absolute Gasteiger partial charge is 0.394 e. The van der Waals surface area contributed by atoms with Crippen molar-refractivity contribution in [1.82, 2.24) is 0 Å². The maximum absolute atomic E-state index is 10.1. The minimum Gasteiger partial charge on any atom is -0.394 e. The second kappa shape index (κ2) is 18.3. The molecule has 5 heteroatoms. The minimum atomic E-state index is -1.05. The zero-order valence-corrected chi connectivity index (χ0v) is 18.6. The smallest absolute Gasteiger partial charge is 0.114 e. The van der Waals surface area contributed by atoms with E-state index in [1.165, 1.54) is 70.6 Å². The lowest BCUT2D eigenvalue weighted by molar-refractivity contribution is -0.0730. The van der Waals surface area contributed by atoms with Gasteiger partial charge in [-0.15, -0.1) is 0 Å². The van der Waals surface area contributed by atoms with E-state index in [1.807, 2.05) is 0 Å². The van der Waals surface area contributed by atoms with Crippen LogP contribution < -0.4 is 0 Å². The number of allylic oxidation sites excluding steroid dienone is 2. The quantitative estimate of drug-likeness (QED) is 0.214. The zero-order chi connectivity index (χ0) is 21.2. The molecule has 0 aromatic rings. The molecule has 5 nitrogen and oxygen atoms in total. The van der Waals surface area contributed by atoms with Crippen molar-refractivity contribution >= 4 is 0 Å². The molecule has 0 spiro atoms. The van der Waals surface area contributed by atoms with E-state index in [2.05, 4.69) is 19.1 Å². The molecule has 0 radical (unpaired) electrons. The van der Waals surface area contributed by atoms with Gasteiger partial charge in [-0.3, -0.25) is 0 Å². The predicted molar refractivity (Wildman–Crippen MR) is 118 cm³/mol. The van der Waals surface area contributed by atoms with Crippen LogP contribution in [0.3, 0.4) is 0 Å². The van der Waals surface area contributed by atoms with E-state index in [9.17, 15) is 10.2 Å². The van der Waals surface area contributed by atoms with Gasteiger partial charge in [0, 0.05) is 6.61 Å². The number of hydrogen-bond acceptors (Lipinski definition) is 5. The summed E-state index contributed by atoms with van der Waals surface area (Å²) in [5.41, 5.74) is 0. The molecule has 172 valence electrons. The fraction of sp³-hybridized carbons (Fsp3) is 0.917. The van der Waals surface area contributed by atoms with Crippen LogP contribution in [0.1, 0.15) is 96.8 Å². The minimum absolute atomic E-state index is 0.277. The van der Waals surface area contributed by atoms with Crippen LogP contribution >= 0.6 is 0 Å². The molecule has 0 aromatic carbocycles. The lowest BCUT2D eigenvalue weighted by Gasteiger charge is -2.20. The Morgan fingerprint density at radius 3 is 2.00 bits per heavy atom. The standard InChI is InChI=1S/C24H46O5/c1-2-3-4-5-6-7-8-9-10-11-12-13-14-15-16-17-18-28-22-20-29-24(23(22)27)21(26)19-25/h3-4,21-27H,2,5-20H2,1H3/b4-3+/t21-,22+,23+,24+/m1/s1. The van der Waals surface area contributed by atoms with Crippen molar-refractivity contribution in [3.8, 4) is 0 Å². The summed E-state index contributed by atoms with van der Waals surface area (Å²) in [6.45, 7) is 2.67. The van der Waals surface area contributed by atoms with Crippen LogP contribution in [0.2, 0.25) is 0 Å². The molecule has 1 rings (SSSR count). The second-order valence-electron chi connectivity index (χ2n) is 8.36. The lowest BCUT2D eigenvalue weighted by atomic mass is 10.0. The van der Waals surface area contributed by atoms with Gasteiger partial charge in [0.1, 0.15) is 24.4 Å². The Kier molecular flexibility index (Phi) is 16.8. The summed E-state index contributed by atoms with van der Waals surface area (Å²) >= 11 is 0. The number of aliphatic hydroxyl groups is 3. The van der Waals surface area contributed by atoms with Gasteiger partial charge in [0.25, 0.3) is 0 Å². The van der Waals surface area contributed by atoms with Crippen LogP contribution in [0.4, 0.5) is 0 Å². The molecule has 1 heterocycles. The van der Waals surface area contributed by atoms with Crippen molar-refractivity contribution < 1.29 is 24.8 Å². The van der Waals surface area contributed by atoms with Gasteiger partial charge in [0.05, 0.1) is 13.2 Å². The van der Waals surface area contributed by atoms with Crippen LogP contribution in [0, 0.1) is 0 Å². The van der Waals surface area contributed by atoms with Gasteiger partial charge in [0.15, 0.2) is 0 Å². The monoisotopic (exact) mass is 414 g/mol. The topological polar surface area (TPSA) is 79.2 Å². The number of rotatable bonds is 19. The van der Waals surface area contributed by atoms with Gasteiger partial charge < -0.3 is 24.8 Å². The molecule has 0 aromatic heterocycles. The summed E-state index contributed by atoms with van der Waals surface area (Å²) in [6, 6.07) is 0. The maximum Gasteiger partial charge on any atom is 0.114 e. The highest BCUT2D eigenvalue weighted by Crippen LogP contribution is 2.20. The third-order valence-corrected chi connectivity index (χ3v) is 5.74. The van der Waals surface area contributed by atoms with E-state index in [0.717, 1.165) is 19.3 Å². The Labute approximate surface area is 178 Å². The summed E-state index contributed by atoms with van der Waals surface area (Å²) in [7, 11) is 0. The summed E-state index contributed by atoms with van der Waals surface area (Å²) in [4.78, 5) is 0. The molecule has 0 amide bonds. The molecule has 4 atom stereocenters. The average molecular weight is 415 g/mol. The van der Waals surface area contributed by atoms with Crippen LogP contribution in [-0.2, 0) is 9.47 Å². The van der Waals surface area contributed by atoms with Crippen molar-refractivity contribution in [2.24, 2.45) is 0 Å². The highest BCUT2D eigenvalue weighted by Gasteiger charge is 2.40. The summed E-state index contributed by atoms with van der Waals surface area (Å²) in [5, 5.41) is 28.6. The van der Waals surface area contributed by atoms with Gasteiger partial charge in [-0.2, -0.15) is 0 Å². The molecule has 1 aliphatic rings. The Hall–Kier alpha value is -0.460. The first kappa shape index (κ1) is 26.6. The van der Waals surface area contributed by atoms with Gasteiger partial charge in [0.2, 0.25) is 0 Å². The van der Waals surface area contributed by atoms with Crippen LogP contribution in [-0.4, -0.2) is 59.6 Å². The number of unbranched alkanes of at least 4 members (excludes halogenated alkanes) is 12. The van der Waals surface area contributed by atoms with E-state index >= 15 is 0 Å². The van der Waals surface area contributed by atoms with Crippen molar-refractivity contribution in [2.75, 3.05) is 19.8 Å². The second-order valence-corrected chi connectivity index (χ2v) is 8.36. The van der Waals surface area contributed by atoms with Gasteiger partial charge in [-0.1, -0.05) is 83.3 Å². The molecule has 0 aliphatic carbocycles. The third-order valence-electron chi connectivity index (χ3n) is 5.74. The van der Waals surface area contributed by atoms with Gasteiger partial charge >= 0.3 is 0 Å². The molecule has 1 fully saturated rings. The Morgan fingerprint density at radius 2 is 1.45 bits per heavy atom. The van der Waals surface area contributed by atoms with Crippen molar-refractivity contribution in [1.29, 1.82) is 0 Å².